The van der Waals surface area contributed by atoms with Gasteiger partial charge < -0.3 is 5.32 Å². The number of carbonyl (C=O) groups excluding carboxylic acids is 1. The van der Waals surface area contributed by atoms with Gasteiger partial charge in [0.15, 0.2) is 0 Å². The molecule has 1 heterocycles. The Morgan fingerprint density at radius 2 is 2.14 bits per heavy atom. The minimum atomic E-state index is -0.411. The molecule has 1 saturated carbocycles. The number of rotatable bonds is 4. The predicted octanol–water partition coefficient (Wildman–Crippen LogP) is 2.21. The third-order valence-corrected chi connectivity index (χ3v) is 3.63. The van der Waals surface area contributed by atoms with Crippen LogP contribution >= 0.6 is 0 Å². The molecule has 0 unspecified atom stereocenters. The van der Waals surface area contributed by atoms with Crippen molar-refractivity contribution in [2.45, 2.75) is 32.2 Å². The monoisotopic (exact) mass is 301 g/mol. The van der Waals surface area contributed by atoms with Gasteiger partial charge in [0.1, 0.15) is 12.4 Å². The zero-order valence-electron chi connectivity index (χ0n) is 12.2. The number of carbonyl (C=O) groups is 1. The summed E-state index contributed by atoms with van der Waals surface area (Å²) >= 11 is 0. The minimum Gasteiger partial charge on any atom is -0.324 e. The van der Waals surface area contributed by atoms with Crippen LogP contribution in [0.15, 0.2) is 35.1 Å². The first-order valence-electron chi connectivity index (χ1n) is 7.17. The summed E-state index contributed by atoms with van der Waals surface area (Å²) in [7, 11) is 0. The SMILES string of the molecule is Cc1ccc(NC(=O)Cn2nc(C3CC3)ccc2=O)cc1F. The Labute approximate surface area is 126 Å². The quantitative estimate of drug-likeness (QED) is 0.941. The molecule has 0 spiro atoms. The van der Waals surface area contributed by atoms with Crippen LogP contribution in [0, 0.1) is 12.7 Å². The molecule has 1 aliphatic rings. The molecule has 0 bridgehead atoms. The normalized spacial score (nSPS) is 13.9. The molecule has 114 valence electrons. The molecule has 0 atom stereocenters. The summed E-state index contributed by atoms with van der Waals surface area (Å²) in [5.74, 6) is -0.393. The maximum absolute atomic E-state index is 13.5. The van der Waals surface area contributed by atoms with E-state index in [2.05, 4.69) is 10.4 Å². The van der Waals surface area contributed by atoms with Crippen molar-refractivity contribution in [2.75, 3.05) is 5.32 Å². The van der Waals surface area contributed by atoms with E-state index in [0.29, 0.717) is 17.2 Å². The van der Waals surface area contributed by atoms with Crippen LogP contribution in [0.3, 0.4) is 0 Å². The van der Waals surface area contributed by atoms with Crippen molar-refractivity contribution in [3.63, 3.8) is 0 Å². The van der Waals surface area contributed by atoms with Crippen LogP contribution in [0.4, 0.5) is 10.1 Å². The Morgan fingerprint density at radius 3 is 2.82 bits per heavy atom. The molecule has 0 radical (unpaired) electrons. The number of hydrogen-bond donors (Lipinski definition) is 1. The van der Waals surface area contributed by atoms with E-state index < -0.39 is 5.91 Å². The molecule has 5 nitrogen and oxygen atoms in total. The molecule has 0 aliphatic heterocycles. The van der Waals surface area contributed by atoms with Gasteiger partial charge in [-0.15, -0.1) is 0 Å². The summed E-state index contributed by atoms with van der Waals surface area (Å²) in [5.41, 5.74) is 1.39. The number of hydrogen-bond acceptors (Lipinski definition) is 3. The molecule has 1 N–H and O–H groups in total. The number of amides is 1. The molecule has 22 heavy (non-hydrogen) atoms. The fourth-order valence-corrected chi connectivity index (χ4v) is 2.18. The van der Waals surface area contributed by atoms with Crippen molar-refractivity contribution in [2.24, 2.45) is 0 Å². The second-order valence-corrected chi connectivity index (χ2v) is 5.54. The largest absolute Gasteiger partial charge is 0.324 e. The molecule has 1 amide bonds. The number of nitrogens with one attached hydrogen (secondary N) is 1. The highest BCUT2D eigenvalue weighted by Gasteiger charge is 2.25. The van der Waals surface area contributed by atoms with Crippen LogP contribution in [-0.2, 0) is 11.3 Å². The Balaban J connectivity index is 1.72. The lowest BCUT2D eigenvalue weighted by Crippen LogP contribution is -2.29. The van der Waals surface area contributed by atoms with Gasteiger partial charge in [0.05, 0.1) is 5.69 Å². The van der Waals surface area contributed by atoms with Crippen LogP contribution in [0.2, 0.25) is 0 Å². The predicted molar refractivity (Wildman–Crippen MR) is 80.2 cm³/mol. The van der Waals surface area contributed by atoms with Gasteiger partial charge in [-0.05, 0) is 43.5 Å². The fourth-order valence-electron chi connectivity index (χ4n) is 2.18. The molecular formula is C16H16FN3O2. The van der Waals surface area contributed by atoms with Crippen molar-refractivity contribution in [3.05, 3.63) is 57.8 Å². The smallest absolute Gasteiger partial charge is 0.267 e. The molecule has 1 fully saturated rings. The van der Waals surface area contributed by atoms with Gasteiger partial charge >= 0.3 is 0 Å². The van der Waals surface area contributed by atoms with E-state index in [-0.39, 0.29) is 17.9 Å². The maximum Gasteiger partial charge on any atom is 0.267 e. The highest BCUT2D eigenvalue weighted by Crippen LogP contribution is 2.38. The topological polar surface area (TPSA) is 64.0 Å². The number of anilines is 1. The molecule has 1 aromatic carbocycles. The molecule has 1 aromatic heterocycles. The highest BCUT2D eigenvalue weighted by molar-refractivity contribution is 5.90. The first kappa shape index (κ1) is 14.4. The van der Waals surface area contributed by atoms with E-state index in [1.54, 1.807) is 25.1 Å². The zero-order chi connectivity index (χ0) is 15.7. The number of halogens is 1. The Morgan fingerprint density at radius 1 is 1.36 bits per heavy atom. The maximum atomic E-state index is 13.5. The second kappa shape index (κ2) is 5.71. The van der Waals surface area contributed by atoms with Gasteiger partial charge in [-0.2, -0.15) is 5.10 Å². The average molecular weight is 301 g/mol. The average Bonchev–Trinajstić information content (AvgIpc) is 3.30. The summed E-state index contributed by atoms with van der Waals surface area (Å²) in [5, 5.41) is 6.79. The van der Waals surface area contributed by atoms with Crippen molar-refractivity contribution < 1.29 is 9.18 Å². The van der Waals surface area contributed by atoms with Gasteiger partial charge in [0.2, 0.25) is 5.91 Å². The lowest BCUT2D eigenvalue weighted by molar-refractivity contribution is -0.117. The lowest BCUT2D eigenvalue weighted by atomic mass is 10.2. The number of aromatic nitrogens is 2. The first-order chi connectivity index (χ1) is 10.5. The summed E-state index contributed by atoms with van der Waals surface area (Å²) < 4.78 is 14.6. The van der Waals surface area contributed by atoms with E-state index in [0.717, 1.165) is 23.2 Å². The highest BCUT2D eigenvalue weighted by atomic mass is 19.1. The summed E-state index contributed by atoms with van der Waals surface area (Å²) in [6.07, 6.45) is 2.14. The van der Waals surface area contributed by atoms with Crippen molar-refractivity contribution >= 4 is 11.6 Å². The van der Waals surface area contributed by atoms with Crippen LogP contribution in [0.5, 0.6) is 0 Å². The summed E-state index contributed by atoms with van der Waals surface area (Å²) in [4.78, 5) is 23.8. The van der Waals surface area contributed by atoms with E-state index in [1.807, 2.05) is 0 Å². The molecule has 1 aliphatic carbocycles. The zero-order valence-corrected chi connectivity index (χ0v) is 12.2. The van der Waals surface area contributed by atoms with Crippen LogP contribution in [-0.4, -0.2) is 15.7 Å². The summed E-state index contributed by atoms with van der Waals surface area (Å²) in [6.45, 7) is 1.46. The third-order valence-electron chi connectivity index (χ3n) is 3.63. The molecule has 0 saturated heterocycles. The standard InChI is InChI=1S/C16H16FN3O2/c1-10-2-5-12(8-13(10)17)18-15(21)9-20-16(22)7-6-14(19-20)11-3-4-11/h2,5-8,11H,3-4,9H2,1H3,(H,18,21). The van der Waals surface area contributed by atoms with E-state index in [1.165, 1.54) is 12.1 Å². The van der Waals surface area contributed by atoms with Gasteiger partial charge in [-0.25, -0.2) is 9.07 Å². The first-order valence-corrected chi connectivity index (χ1v) is 7.17. The third kappa shape index (κ3) is 3.21. The number of benzene rings is 1. The van der Waals surface area contributed by atoms with Crippen LogP contribution in [0.1, 0.15) is 30.0 Å². The van der Waals surface area contributed by atoms with Crippen molar-refractivity contribution in [1.82, 2.24) is 9.78 Å². The van der Waals surface area contributed by atoms with Gasteiger partial charge in [-0.3, -0.25) is 9.59 Å². The van der Waals surface area contributed by atoms with Gasteiger partial charge in [0.25, 0.3) is 5.56 Å². The Kier molecular flexibility index (Phi) is 3.75. The molecule has 6 heteroatoms. The summed E-state index contributed by atoms with van der Waals surface area (Å²) in [6, 6.07) is 7.60. The number of aryl methyl sites for hydroxylation is 1. The van der Waals surface area contributed by atoms with E-state index in [4.69, 9.17) is 0 Å². The van der Waals surface area contributed by atoms with Gasteiger partial charge in [0, 0.05) is 17.7 Å². The van der Waals surface area contributed by atoms with Crippen LogP contribution < -0.4 is 10.9 Å². The van der Waals surface area contributed by atoms with E-state index in [9.17, 15) is 14.0 Å². The molecule has 3 rings (SSSR count). The van der Waals surface area contributed by atoms with Crippen molar-refractivity contribution in [1.29, 1.82) is 0 Å². The Bertz CT molecular complexity index is 781. The molecule has 2 aromatic rings. The molecular weight excluding hydrogens is 285 g/mol. The van der Waals surface area contributed by atoms with Crippen molar-refractivity contribution in [3.8, 4) is 0 Å². The minimum absolute atomic E-state index is 0.186. The second-order valence-electron chi connectivity index (χ2n) is 5.54. The van der Waals surface area contributed by atoms with Crippen LogP contribution in [0.25, 0.3) is 0 Å². The number of nitrogens with zero attached hydrogens (tertiary/aromatic N) is 2. The van der Waals surface area contributed by atoms with E-state index >= 15 is 0 Å². The Hall–Kier alpha value is -2.50. The lowest BCUT2D eigenvalue weighted by Gasteiger charge is -2.08. The van der Waals surface area contributed by atoms with Gasteiger partial charge in [-0.1, -0.05) is 6.07 Å². The fraction of sp³-hybridized carbons (Fsp3) is 0.312.